The van der Waals surface area contributed by atoms with E-state index in [2.05, 4.69) is 43.0 Å². The van der Waals surface area contributed by atoms with Gasteiger partial charge in [-0.15, -0.1) is 11.3 Å². The van der Waals surface area contributed by atoms with Gasteiger partial charge in [-0.25, -0.2) is 15.0 Å². The number of aromatic nitrogens is 3. The summed E-state index contributed by atoms with van der Waals surface area (Å²) < 4.78 is 0. The van der Waals surface area contributed by atoms with Gasteiger partial charge in [0.25, 0.3) is 0 Å². The van der Waals surface area contributed by atoms with Crippen molar-refractivity contribution in [2.75, 3.05) is 6.54 Å². The van der Waals surface area contributed by atoms with Crippen molar-refractivity contribution in [2.45, 2.75) is 59.0 Å². The molecule has 0 saturated heterocycles. The zero-order chi connectivity index (χ0) is 15.7. The summed E-state index contributed by atoms with van der Waals surface area (Å²) in [4.78, 5) is 16.4. The zero-order valence-electron chi connectivity index (χ0n) is 13.8. The van der Waals surface area contributed by atoms with E-state index < -0.39 is 0 Å². The molecule has 1 aliphatic rings. The highest BCUT2D eigenvalue weighted by atomic mass is 32.1. The molecule has 1 aliphatic heterocycles. The van der Waals surface area contributed by atoms with E-state index in [-0.39, 0.29) is 0 Å². The van der Waals surface area contributed by atoms with Gasteiger partial charge in [-0.3, -0.25) is 4.90 Å². The molecule has 2 aromatic rings. The number of nitrogens with zero attached hydrogens (tertiary/aromatic N) is 4. The van der Waals surface area contributed by atoms with Crippen LogP contribution in [0.15, 0.2) is 11.6 Å². The third-order valence-corrected chi connectivity index (χ3v) is 5.19. The fraction of sp³-hybridized carbons (Fsp3) is 0.588. The van der Waals surface area contributed by atoms with Crippen molar-refractivity contribution in [1.29, 1.82) is 0 Å². The van der Waals surface area contributed by atoms with Gasteiger partial charge in [0.1, 0.15) is 5.82 Å². The third kappa shape index (κ3) is 3.36. The normalized spacial score (nSPS) is 15.5. The van der Waals surface area contributed by atoms with Crippen molar-refractivity contribution in [2.24, 2.45) is 0 Å². The van der Waals surface area contributed by atoms with Crippen LogP contribution in [-0.2, 0) is 19.5 Å². The van der Waals surface area contributed by atoms with Crippen LogP contribution < -0.4 is 0 Å². The molecule has 22 heavy (non-hydrogen) atoms. The summed E-state index contributed by atoms with van der Waals surface area (Å²) >= 11 is 1.77. The quantitative estimate of drug-likeness (QED) is 0.862. The summed E-state index contributed by atoms with van der Waals surface area (Å²) in [6.07, 6.45) is 3.03. The van der Waals surface area contributed by atoms with Crippen LogP contribution >= 0.6 is 11.3 Å². The first-order chi connectivity index (χ1) is 10.5. The number of rotatable bonds is 4. The number of hydrogen-bond acceptors (Lipinski definition) is 5. The Morgan fingerprint density at radius 2 is 2.00 bits per heavy atom. The molecule has 118 valence electrons. The average molecular weight is 316 g/mol. The lowest BCUT2D eigenvalue weighted by molar-refractivity contribution is 0.240. The van der Waals surface area contributed by atoms with E-state index in [4.69, 9.17) is 9.97 Å². The fourth-order valence-electron chi connectivity index (χ4n) is 2.69. The molecule has 0 bridgehead atoms. The molecule has 0 N–H and O–H groups in total. The van der Waals surface area contributed by atoms with Gasteiger partial charge >= 0.3 is 0 Å². The van der Waals surface area contributed by atoms with Crippen LogP contribution in [0.2, 0.25) is 0 Å². The molecule has 0 saturated carbocycles. The van der Waals surface area contributed by atoms with Crippen molar-refractivity contribution in [3.8, 4) is 0 Å². The first kappa shape index (κ1) is 15.6. The van der Waals surface area contributed by atoms with Crippen LogP contribution in [0.1, 0.15) is 67.3 Å². The van der Waals surface area contributed by atoms with Crippen LogP contribution in [0.5, 0.6) is 0 Å². The van der Waals surface area contributed by atoms with Gasteiger partial charge in [-0.1, -0.05) is 27.7 Å². The minimum atomic E-state index is 0.396. The first-order valence-corrected chi connectivity index (χ1v) is 8.92. The van der Waals surface area contributed by atoms with Gasteiger partial charge in [0.15, 0.2) is 0 Å². The largest absolute Gasteiger partial charge is 0.293 e. The molecule has 3 heterocycles. The Bertz CT molecular complexity index is 648. The number of fused-ring (bicyclic) bond motifs is 1. The van der Waals surface area contributed by atoms with E-state index >= 15 is 0 Å². The highest BCUT2D eigenvalue weighted by molar-refractivity contribution is 7.09. The summed E-state index contributed by atoms with van der Waals surface area (Å²) in [7, 11) is 0. The molecule has 3 rings (SSSR count). The SMILES string of the molecule is CC(C)c1ncc2c(n1)CCN(Cc1csc(C(C)C)n1)C2. The molecular formula is C17H24N4S. The van der Waals surface area contributed by atoms with Crippen LogP contribution in [0, 0.1) is 0 Å². The Morgan fingerprint density at radius 1 is 1.18 bits per heavy atom. The summed E-state index contributed by atoms with van der Waals surface area (Å²) in [5.41, 5.74) is 3.70. The van der Waals surface area contributed by atoms with Gasteiger partial charge in [0.05, 0.1) is 10.7 Å². The molecule has 0 fully saturated rings. The minimum absolute atomic E-state index is 0.396. The Labute approximate surface area is 136 Å². The van der Waals surface area contributed by atoms with Gasteiger partial charge in [0.2, 0.25) is 0 Å². The third-order valence-electron chi connectivity index (χ3n) is 4.00. The van der Waals surface area contributed by atoms with Crippen molar-refractivity contribution >= 4 is 11.3 Å². The lowest BCUT2D eigenvalue weighted by atomic mass is 10.1. The van der Waals surface area contributed by atoms with E-state index in [0.717, 1.165) is 31.9 Å². The topological polar surface area (TPSA) is 41.9 Å². The second kappa shape index (κ2) is 6.42. The maximum absolute atomic E-state index is 4.74. The summed E-state index contributed by atoms with van der Waals surface area (Å²) in [6, 6.07) is 0. The highest BCUT2D eigenvalue weighted by Crippen LogP contribution is 2.23. The lowest BCUT2D eigenvalue weighted by Gasteiger charge is -2.27. The zero-order valence-corrected chi connectivity index (χ0v) is 14.7. The molecule has 0 unspecified atom stereocenters. The molecule has 4 nitrogen and oxygen atoms in total. The first-order valence-electron chi connectivity index (χ1n) is 8.04. The predicted octanol–water partition coefficient (Wildman–Crippen LogP) is 3.74. The van der Waals surface area contributed by atoms with E-state index in [0.29, 0.717) is 11.8 Å². The number of hydrogen-bond donors (Lipinski definition) is 0. The molecule has 0 aromatic carbocycles. The predicted molar refractivity (Wildman–Crippen MR) is 90.1 cm³/mol. The Hall–Kier alpha value is -1.33. The van der Waals surface area contributed by atoms with Gasteiger partial charge in [-0.05, 0) is 0 Å². The molecule has 0 aliphatic carbocycles. The standard InChI is InChI=1S/C17H24N4S/c1-11(2)16-18-7-13-8-21(6-5-15(13)20-16)9-14-10-22-17(19-14)12(3)4/h7,10-12H,5-6,8-9H2,1-4H3. The molecule has 5 heteroatoms. The molecule has 0 amide bonds. The molecule has 0 atom stereocenters. The van der Waals surface area contributed by atoms with Crippen molar-refractivity contribution in [1.82, 2.24) is 19.9 Å². The monoisotopic (exact) mass is 316 g/mol. The lowest BCUT2D eigenvalue weighted by Crippen LogP contribution is -2.31. The fourth-order valence-corrected chi connectivity index (χ4v) is 3.52. The maximum atomic E-state index is 4.74. The van der Waals surface area contributed by atoms with E-state index in [1.165, 1.54) is 22.0 Å². The summed E-state index contributed by atoms with van der Waals surface area (Å²) in [6.45, 7) is 11.6. The molecule has 0 spiro atoms. The number of thiazole rings is 1. The maximum Gasteiger partial charge on any atom is 0.131 e. The highest BCUT2D eigenvalue weighted by Gasteiger charge is 2.20. The Morgan fingerprint density at radius 3 is 2.68 bits per heavy atom. The van der Waals surface area contributed by atoms with Crippen molar-refractivity contribution < 1.29 is 0 Å². The second-order valence-corrected chi connectivity index (χ2v) is 7.54. The minimum Gasteiger partial charge on any atom is -0.293 e. The Balaban J connectivity index is 1.68. The van der Waals surface area contributed by atoms with E-state index in [1.54, 1.807) is 11.3 Å². The van der Waals surface area contributed by atoms with Crippen LogP contribution in [0.4, 0.5) is 0 Å². The smallest absolute Gasteiger partial charge is 0.131 e. The van der Waals surface area contributed by atoms with E-state index in [1.807, 2.05) is 6.20 Å². The second-order valence-electron chi connectivity index (χ2n) is 6.65. The van der Waals surface area contributed by atoms with Crippen LogP contribution in [-0.4, -0.2) is 26.4 Å². The Kier molecular flexibility index (Phi) is 4.54. The van der Waals surface area contributed by atoms with Crippen LogP contribution in [0.25, 0.3) is 0 Å². The van der Waals surface area contributed by atoms with Crippen molar-refractivity contribution in [3.63, 3.8) is 0 Å². The van der Waals surface area contributed by atoms with Gasteiger partial charge in [-0.2, -0.15) is 0 Å². The van der Waals surface area contributed by atoms with E-state index in [9.17, 15) is 0 Å². The van der Waals surface area contributed by atoms with Gasteiger partial charge < -0.3 is 0 Å². The van der Waals surface area contributed by atoms with Crippen molar-refractivity contribution in [3.05, 3.63) is 39.4 Å². The summed E-state index contributed by atoms with van der Waals surface area (Å²) in [5, 5.41) is 3.43. The summed E-state index contributed by atoms with van der Waals surface area (Å²) in [5.74, 6) is 1.88. The van der Waals surface area contributed by atoms with Crippen LogP contribution in [0.3, 0.4) is 0 Å². The molecule has 0 radical (unpaired) electrons. The van der Waals surface area contributed by atoms with Gasteiger partial charge in [0, 0.05) is 60.7 Å². The molecular weight excluding hydrogens is 292 g/mol. The average Bonchev–Trinajstić information content (AvgIpc) is 2.95. The molecule has 2 aromatic heterocycles.